The van der Waals surface area contributed by atoms with Crippen LogP contribution in [0.3, 0.4) is 0 Å². The van der Waals surface area contributed by atoms with E-state index in [2.05, 4.69) is 31.0 Å². The molecular weight excluding hydrogens is 212 g/mol. The number of nitrogens with one attached hydrogen (secondary N) is 1. The van der Waals surface area contributed by atoms with Crippen LogP contribution in [0.15, 0.2) is 0 Å². The molecule has 1 saturated heterocycles. The Labute approximate surface area is 106 Å². The summed E-state index contributed by atoms with van der Waals surface area (Å²) < 4.78 is 5.47. The van der Waals surface area contributed by atoms with Gasteiger partial charge in [-0.2, -0.15) is 0 Å². The molecule has 1 unspecified atom stereocenters. The molecule has 2 fully saturated rings. The van der Waals surface area contributed by atoms with Crippen LogP contribution in [-0.4, -0.2) is 49.3 Å². The van der Waals surface area contributed by atoms with E-state index in [1.807, 2.05) is 0 Å². The Morgan fingerprint density at radius 1 is 1.29 bits per heavy atom. The van der Waals surface area contributed by atoms with Crippen molar-refractivity contribution in [3.8, 4) is 0 Å². The smallest absolute Gasteiger partial charge is 0.0594 e. The van der Waals surface area contributed by atoms with E-state index < -0.39 is 0 Å². The van der Waals surface area contributed by atoms with Crippen molar-refractivity contribution in [2.75, 3.05) is 32.8 Å². The highest BCUT2D eigenvalue weighted by molar-refractivity contribution is 5.01. The molecule has 2 rings (SSSR count). The van der Waals surface area contributed by atoms with Gasteiger partial charge in [-0.15, -0.1) is 0 Å². The largest absolute Gasteiger partial charge is 0.379 e. The third-order valence-corrected chi connectivity index (χ3v) is 4.29. The van der Waals surface area contributed by atoms with Gasteiger partial charge in [-0.05, 0) is 45.6 Å². The minimum atomic E-state index is 0.264. The van der Waals surface area contributed by atoms with Crippen LogP contribution in [0.5, 0.6) is 0 Å². The van der Waals surface area contributed by atoms with E-state index >= 15 is 0 Å². The number of hydrogen-bond donors (Lipinski definition) is 1. The van der Waals surface area contributed by atoms with Crippen LogP contribution in [0.2, 0.25) is 0 Å². The maximum atomic E-state index is 5.47. The van der Waals surface area contributed by atoms with E-state index in [9.17, 15) is 0 Å². The third-order valence-electron chi connectivity index (χ3n) is 4.29. The Morgan fingerprint density at radius 2 is 1.94 bits per heavy atom. The molecule has 0 bridgehead atoms. The highest BCUT2D eigenvalue weighted by atomic mass is 16.5. The van der Waals surface area contributed by atoms with Crippen molar-refractivity contribution >= 4 is 0 Å². The standard InChI is InChI=1S/C14H28N2O/c1-4-7-15-13(12-5-6-12)14(2,3)16-8-10-17-11-9-16/h12-13,15H,4-11H2,1-3H3. The molecule has 1 aliphatic heterocycles. The van der Waals surface area contributed by atoms with Crippen LogP contribution < -0.4 is 5.32 Å². The number of rotatable bonds is 6. The van der Waals surface area contributed by atoms with Crippen LogP contribution in [-0.2, 0) is 4.74 Å². The summed E-state index contributed by atoms with van der Waals surface area (Å²) in [6, 6.07) is 0.653. The van der Waals surface area contributed by atoms with Gasteiger partial charge in [0.05, 0.1) is 13.2 Å². The quantitative estimate of drug-likeness (QED) is 0.767. The van der Waals surface area contributed by atoms with E-state index in [0.29, 0.717) is 6.04 Å². The van der Waals surface area contributed by atoms with Crippen molar-refractivity contribution in [3.05, 3.63) is 0 Å². The minimum absolute atomic E-state index is 0.264. The summed E-state index contributed by atoms with van der Waals surface area (Å²) in [7, 11) is 0. The average molecular weight is 240 g/mol. The lowest BCUT2D eigenvalue weighted by Crippen LogP contribution is -2.61. The van der Waals surface area contributed by atoms with Gasteiger partial charge in [-0.25, -0.2) is 0 Å². The van der Waals surface area contributed by atoms with Gasteiger partial charge in [-0.3, -0.25) is 4.90 Å². The fraction of sp³-hybridized carbons (Fsp3) is 1.00. The lowest BCUT2D eigenvalue weighted by Gasteiger charge is -2.46. The van der Waals surface area contributed by atoms with Crippen molar-refractivity contribution in [2.45, 2.75) is 51.6 Å². The Kier molecular flexibility index (Phi) is 4.45. The summed E-state index contributed by atoms with van der Waals surface area (Å²) >= 11 is 0. The zero-order valence-electron chi connectivity index (χ0n) is 11.7. The van der Waals surface area contributed by atoms with Gasteiger partial charge >= 0.3 is 0 Å². The molecule has 17 heavy (non-hydrogen) atoms. The molecule has 100 valence electrons. The van der Waals surface area contributed by atoms with E-state index in [-0.39, 0.29) is 5.54 Å². The van der Waals surface area contributed by atoms with Gasteiger partial charge in [0.2, 0.25) is 0 Å². The Bertz CT molecular complexity index is 232. The SMILES string of the molecule is CCCNC(C1CC1)C(C)(C)N1CCOCC1. The maximum Gasteiger partial charge on any atom is 0.0594 e. The zero-order valence-corrected chi connectivity index (χ0v) is 11.7. The summed E-state index contributed by atoms with van der Waals surface area (Å²) in [5.74, 6) is 0.902. The summed E-state index contributed by atoms with van der Waals surface area (Å²) in [6.45, 7) is 12.2. The minimum Gasteiger partial charge on any atom is -0.379 e. The number of nitrogens with zero attached hydrogens (tertiary/aromatic N) is 1. The van der Waals surface area contributed by atoms with Crippen molar-refractivity contribution in [2.24, 2.45) is 5.92 Å². The fourth-order valence-corrected chi connectivity index (χ4v) is 3.06. The molecule has 2 aliphatic rings. The van der Waals surface area contributed by atoms with Gasteiger partial charge in [-0.1, -0.05) is 6.92 Å². The summed E-state index contributed by atoms with van der Waals surface area (Å²) in [5.41, 5.74) is 0.264. The normalized spacial score (nSPS) is 24.9. The first kappa shape index (κ1) is 13.3. The molecular formula is C14H28N2O. The predicted octanol–water partition coefficient (Wildman–Crippen LogP) is 1.88. The van der Waals surface area contributed by atoms with E-state index in [4.69, 9.17) is 4.74 Å². The molecule has 0 aromatic carbocycles. The number of ether oxygens (including phenoxy) is 1. The van der Waals surface area contributed by atoms with Gasteiger partial charge in [0.15, 0.2) is 0 Å². The van der Waals surface area contributed by atoms with E-state index in [1.54, 1.807) is 0 Å². The Hall–Kier alpha value is -0.120. The molecule has 0 amide bonds. The molecule has 3 nitrogen and oxygen atoms in total. The zero-order chi connectivity index (χ0) is 12.3. The first-order valence-electron chi connectivity index (χ1n) is 7.22. The lowest BCUT2D eigenvalue weighted by atomic mass is 9.88. The topological polar surface area (TPSA) is 24.5 Å². The third kappa shape index (κ3) is 3.21. The van der Waals surface area contributed by atoms with Crippen molar-refractivity contribution in [1.29, 1.82) is 0 Å². The first-order chi connectivity index (χ1) is 8.16. The molecule has 0 aromatic rings. The predicted molar refractivity (Wildman–Crippen MR) is 71.3 cm³/mol. The monoisotopic (exact) mass is 240 g/mol. The number of hydrogen-bond acceptors (Lipinski definition) is 3. The summed E-state index contributed by atoms with van der Waals surface area (Å²) in [5, 5.41) is 3.79. The molecule has 3 heteroatoms. The highest BCUT2D eigenvalue weighted by Crippen LogP contribution is 2.39. The Balaban J connectivity index is 1.98. The second-order valence-electron chi connectivity index (χ2n) is 6.02. The molecule has 1 heterocycles. The molecule has 0 radical (unpaired) electrons. The van der Waals surface area contributed by atoms with Crippen LogP contribution in [0, 0.1) is 5.92 Å². The van der Waals surface area contributed by atoms with Crippen molar-refractivity contribution < 1.29 is 4.74 Å². The second-order valence-corrected chi connectivity index (χ2v) is 6.02. The number of morpholine rings is 1. The molecule has 1 aliphatic carbocycles. The van der Waals surface area contributed by atoms with Crippen molar-refractivity contribution in [1.82, 2.24) is 10.2 Å². The van der Waals surface area contributed by atoms with Crippen LogP contribution in [0.25, 0.3) is 0 Å². The molecule has 1 N–H and O–H groups in total. The molecule has 0 spiro atoms. The van der Waals surface area contributed by atoms with Crippen molar-refractivity contribution in [3.63, 3.8) is 0 Å². The van der Waals surface area contributed by atoms with Gasteiger partial charge < -0.3 is 10.1 Å². The van der Waals surface area contributed by atoms with Crippen LogP contribution in [0.1, 0.15) is 40.0 Å². The summed E-state index contributed by atoms with van der Waals surface area (Å²) in [4.78, 5) is 2.61. The molecule has 0 aromatic heterocycles. The van der Waals surface area contributed by atoms with E-state index in [0.717, 1.165) is 38.8 Å². The average Bonchev–Trinajstić information content (AvgIpc) is 3.15. The van der Waals surface area contributed by atoms with Gasteiger partial charge in [0.25, 0.3) is 0 Å². The lowest BCUT2D eigenvalue weighted by molar-refractivity contribution is -0.0262. The highest BCUT2D eigenvalue weighted by Gasteiger charge is 2.44. The Morgan fingerprint density at radius 3 is 2.47 bits per heavy atom. The second kappa shape index (κ2) is 5.68. The fourth-order valence-electron chi connectivity index (χ4n) is 3.06. The van der Waals surface area contributed by atoms with E-state index in [1.165, 1.54) is 19.3 Å². The van der Waals surface area contributed by atoms with Gasteiger partial charge in [0.1, 0.15) is 0 Å². The van der Waals surface area contributed by atoms with Gasteiger partial charge in [0, 0.05) is 24.7 Å². The maximum absolute atomic E-state index is 5.47. The molecule has 1 saturated carbocycles. The first-order valence-corrected chi connectivity index (χ1v) is 7.22. The van der Waals surface area contributed by atoms with Crippen LogP contribution >= 0.6 is 0 Å². The molecule has 1 atom stereocenters. The van der Waals surface area contributed by atoms with Crippen LogP contribution in [0.4, 0.5) is 0 Å². The summed E-state index contributed by atoms with van der Waals surface area (Å²) in [6.07, 6.45) is 4.05.